The van der Waals surface area contributed by atoms with Gasteiger partial charge in [-0.05, 0) is 33.6 Å². The molecule has 7 heteroatoms. The van der Waals surface area contributed by atoms with Crippen molar-refractivity contribution in [3.05, 3.63) is 58.1 Å². The van der Waals surface area contributed by atoms with Crippen LogP contribution >= 0.6 is 15.9 Å². The smallest absolute Gasteiger partial charge is 0.255 e. The molecule has 134 valence electrons. The van der Waals surface area contributed by atoms with E-state index in [1.807, 2.05) is 47.8 Å². The van der Waals surface area contributed by atoms with Gasteiger partial charge in [0, 0.05) is 5.56 Å². The molecule has 0 aliphatic rings. The highest BCUT2D eigenvalue weighted by molar-refractivity contribution is 9.10. The Labute approximate surface area is 155 Å². The van der Waals surface area contributed by atoms with Crippen molar-refractivity contribution in [2.75, 3.05) is 20.3 Å². The van der Waals surface area contributed by atoms with Crippen molar-refractivity contribution in [3.8, 4) is 11.5 Å². The lowest BCUT2D eigenvalue weighted by Gasteiger charge is -2.14. The molecule has 5 N–H and O–H groups in total. The maximum atomic E-state index is 10.9. The Morgan fingerprint density at radius 2 is 2.04 bits per heavy atom. The first-order valence-corrected chi connectivity index (χ1v) is 8.62. The normalized spacial score (nSPS) is 11.8. The molecule has 2 rings (SSSR count). The van der Waals surface area contributed by atoms with Crippen LogP contribution in [-0.4, -0.2) is 31.3 Å². The number of nitrogens with two attached hydrogens (primary N) is 2. The highest BCUT2D eigenvalue weighted by Gasteiger charge is 2.14. The van der Waals surface area contributed by atoms with Crippen LogP contribution in [0.5, 0.6) is 11.5 Å². The first-order valence-electron chi connectivity index (χ1n) is 7.83. The summed E-state index contributed by atoms with van der Waals surface area (Å²) in [5, 5.41) is 12.2. The van der Waals surface area contributed by atoms with E-state index in [-0.39, 0.29) is 6.61 Å². The number of rotatable bonds is 9. The lowest BCUT2D eigenvalue weighted by atomic mass is 10.1. The van der Waals surface area contributed by atoms with E-state index in [2.05, 4.69) is 15.9 Å². The number of primary amides is 1. The second-order valence-electron chi connectivity index (χ2n) is 5.52. The van der Waals surface area contributed by atoms with Crippen molar-refractivity contribution in [1.82, 2.24) is 0 Å². The standard InChI is InChI=1S/C18H21BrN2O4/c1-24-16-8-12(7-14(19)18(16)25-11-17(20)23)9-21-10-15(22)13-5-3-2-4-6-13/h2-8,15,21-22H,9-11H2,1H3,(H2,20,23)/p+1/t15-/m1/s1. The largest absolute Gasteiger partial charge is 0.493 e. The zero-order valence-corrected chi connectivity index (χ0v) is 15.5. The second-order valence-corrected chi connectivity index (χ2v) is 6.37. The third-order valence-electron chi connectivity index (χ3n) is 3.60. The number of carbonyl (C=O) groups excluding carboxylic acids is 1. The predicted molar refractivity (Wildman–Crippen MR) is 97.3 cm³/mol. The summed E-state index contributed by atoms with van der Waals surface area (Å²) in [5.41, 5.74) is 7.00. The molecular formula is C18H22BrN2O4+. The van der Waals surface area contributed by atoms with Crippen molar-refractivity contribution in [3.63, 3.8) is 0 Å². The van der Waals surface area contributed by atoms with E-state index < -0.39 is 12.0 Å². The molecule has 25 heavy (non-hydrogen) atoms. The summed E-state index contributed by atoms with van der Waals surface area (Å²) in [6.45, 7) is 0.989. The molecule has 0 saturated carbocycles. The van der Waals surface area contributed by atoms with Crippen molar-refractivity contribution < 1.29 is 24.7 Å². The van der Waals surface area contributed by atoms with Gasteiger partial charge in [-0.2, -0.15) is 0 Å². The van der Waals surface area contributed by atoms with Gasteiger partial charge in [-0.25, -0.2) is 0 Å². The Morgan fingerprint density at radius 3 is 2.68 bits per heavy atom. The number of aliphatic hydroxyl groups excluding tert-OH is 1. The lowest BCUT2D eigenvalue weighted by molar-refractivity contribution is -0.677. The summed E-state index contributed by atoms with van der Waals surface area (Å²) in [7, 11) is 1.53. The maximum absolute atomic E-state index is 10.9. The van der Waals surface area contributed by atoms with Gasteiger partial charge in [0.15, 0.2) is 18.1 Å². The van der Waals surface area contributed by atoms with E-state index >= 15 is 0 Å². The fraction of sp³-hybridized carbons (Fsp3) is 0.278. The number of ether oxygens (including phenoxy) is 2. The number of carbonyl (C=O) groups is 1. The number of aliphatic hydroxyl groups is 1. The molecule has 0 heterocycles. The molecule has 2 aromatic rings. The topological polar surface area (TPSA) is 98.4 Å². The van der Waals surface area contributed by atoms with Crippen LogP contribution in [0.25, 0.3) is 0 Å². The van der Waals surface area contributed by atoms with Crippen LogP contribution in [0.15, 0.2) is 46.9 Å². The molecular weight excluding hydrogens is 388 g/mol. The van der Waals surface area contributed by atoms with Gasteiger partial charge in [0.05, 0.1) is 11.6 Å². The monoisotopic (exact) mass is 409 g/mol. The minimum atomic E-state index is -0.554. The minimum absolute atomic E-state index is 0.219. The summed E-state index contributed by atoms with van der Waals surface area (Å²) < 4.78 is 11.4. The van der Waals surface area contributed by atoms with Crippen LogP contribution in [0.1, 0.15) is 17.2 Å². The minimum Gasteiger partial charge on any atom is -0.493 e. The molecule has 6 nitrogen and oxygen atoms in total. The molecule has 0 spiro atoms. The molecule has 0 bridgehead atoms. The van der Waals surface area contributed by atoms with Crippen molar-refractivity contribution in [2.24, 2.45) is 5.73 Å². The number of benzene rings is 2. The molecule has 0 unspecified atom stereocenters. The highest BCUT2D eigenvalue weighted by atomic mass is 79.9. The van der Waals surface area contributed by atoms with Gasteiger partial charge >= 0.3 is 0 Å². The zero-order chi connectivity index (χ0) is 18.2. The van der Waals surface area contributed by atoms with Crippen LogP contribution in [0, 0.1) is 0 Å². The van der Waals surface area contributed by atoms with Crippen LogP contribution in [0.2, 0.25) is 0 Å². The number of methoxy groups -OCH3 is 1. The summed E-state index contributed by atoms with van der Waals surface area (Å²) in [5.74, 6) is 0.401. The quantitative estimate of drug-likeness (QED) is 0.577. The number of amides is 1. The van der Waals surface area contributed by atoms with Crippen molar-refractivity contribution in [1.29, 1.82) is 0 Å². The molecule has 1 atom stereocenters. The Morgan fingerprint density at radius 1 is 1.32 bits per heavy atom. The van der Waals surface area contributed by atoms with Crippen LogP contribution < -0.4 is 20.5 Å². The summed E-state index contributed by atoms with van der Waals surface area (Å²) in [6, 6.07) is 13.3. The van der Waals surface area contributed by atoms with E-state index in [0.29, 0.717) is 29.1 Å². The fourth-order valence-corrected chi connectivity index (χ4v) is 3.00. The van der Waals surface area contributed by atoms with Crippen LogP contribution in [0.3, 0.4) is 0 Å². The van der Waals surface area contributed by atoms with Gasteiger partial charge < -0.3 is 25.6 Å². The van der Waals surface area contributed by atoms with E-state index in [9.17, 15) is 9.90 Å². The Hall–Kier alpha value is -2.09. The average Bonchev–Trinajstić information content (AvgIpc) is 2.60. The van der Waals surface area contributed by atoms with Gasteiger partial charge in [-0.3, -0.25) is 4.79 Å². The Kier molecular flexibility index (Phi) is 7.24. The first kappa shape index (κ1) is 19.2. The Bertz CT molecular complexity index is 710. The van der Waals surface area contributed by atoms with Gasteiger partial charge in [-0.1, -0.05) is 30.3 Å². The van der Waals surface area contributed by atoms with Crippen LogP contribution in [-0.2, 0) is 11.3 Å². The number of quaternary nitrogens is 1. The van der Waals surface area contributed by atoms with Gasteiger partial charge in [-0.15, -0.1) is 0 Å². The van der Waals surface area contributed by atoms with Gasteiger partial charge in [0.25, 0.3) is 5.91 Å². The second kappa shape index (κ2) is 9.41. The molecule has 1 amide bonds. The molecule has 2 aromatic carbocycles. The van der Waals surface area contributed by atoms with E-state index in [1.54, 1.807) is 0 Å². The predicted octanol–water partition coefficient (Wildman–Crippen LogP) is 1.12. The highest BCUT2D eigenvalue weighted by Crippen LogP contribution is 2.36. The van der Waals surface area contributed by atoms with E-state index in [4.69, 9.17) is 15.2 Å². The molecule has 0 aromatic heterocycles. The first-order chi connectivity index (χ1) is 12.0. The summed E-state index contributed by atoms with van der Waals surface area (Å²) in [6.07, 6.45) is -0.523. The van der Waals surface area contributed by atoms with Gasteiger partial charge in [0.2, 0.25) is 0 Å². The SMILES string of the molecule is COc1cc(C[NH2+]C[C@@H](O)c2ccccc2)cc(Br)c1OCC(N)=O. The number of hydrogen-bond donors (Lipinski definition) is 3. The molecule has 0 aliphatic carbocycles. The van der Waals surface area contributed by atoms with Crippen LogP contribution in [0.4, 0.5) is 0 Å². The molecule has 0 saturated heterocycles. The van der Waals surface area contributed by atoms with Crippen molar-refractivity contribution >= 4 is 21.8 Å². The summed E-state index contributed by atoms with van der Waals surface area (Å²) in [4.78, 5) is 10.9. The van der Waals surface area contributed by atoms with E-state index in [1.165, 1.54) is 7.11 Å². The zero-order valence-electron chi connectivity index (χ0n) is 13.9. The lowest BCUT2D eigenvalue weighted by Crippen LogP contribution is -2.83. The average molecular weight is 410 g/mol. The summed E-state index contributed by atoms with van der Waals surface area (Å²) >= 11 is 3.43. The third kappa shape index (κ3) is 5.74. The maximum Gasteiger partial charge on any atom is 0.255 e. The van der Waals surface area contributed by atoms with Gasteiger partial charge in [0.1, 0.15) is 19.2 Å². The fourth-order valence-electron chi connectivity index (χ4n) is 2.39. The Balaban J connectivity index is 1.98. The molecule has 0 aliphatic heterocycles. The molecule has 0 fully saturated rings. The number of halogens is 1. The molecule has 0 radical (unpaired) electrons. The van der Waals surface area contributed by atoms with Crippen molar-refractivity contribution in [2.45, 2.75) is 12.6 Å². The van der Waals surface area contributed by atoms with E-state index in [0.717, 1.165) is 11.1 Å². The third-order valence-corrected chi connectivity index (χ3v) is 4.19. The number of hydrogen-bond acceptors (Lipinski definition) is 4.